The first-order valence-electron chi connectivity index (χ1n) is 8.61. The zero-order valence-electron chi connectivity index (χ0n) is 15.8. The molecule has 0 aliphatic carbocycles. The smallest absolute Gasteiger partial charge is 0.153 e. The van der Waals surface area contributed by atoms with Gasteiger partial charge in [-0.3, -0.25) is 9.79 Å². The molecule has 0 saturated heterocycles. The van der Waals surface area contributed by atoms with E-state index in [1.54, 1.807) is 13.2 Å². The Labute approximate surface area is 158 Å². The first-order chi connectivity index (χ1) is 12.6. The van der Waals surface area contributed by atoms with Gasteiger partial charge in [0.1, 0.15) is 11.7 Å². The molecule has 140 valence electrons. The molecule has 0 spiro atoms. The van der Waals surface area contributed by atoms with E-state index < -0.39 is 0 Å². The fourth-order valence-corrected chi connectivity index (χ4v) is 3.51. The molecule has 7 heteroatoms. The van der Waals surface area contributed by atoms with Gasteiger partial charge in [0.05, 0.1) is 17.2 Å². The number of aliphatic imine (C=N–C) groups is 1. The van der Waals surface area contributed by atoms with E-state index in [9.17, 15) is 4.79 Å². The Morgan fingerprint density at radius 1 is 1.42 bits per heavy atom. The Morgan fingerprint density at radius 3 is 2.81 bits per heavy atom. The standard InChI is InChI=1S/C19H26N4O2S/c1-5-6-9-25-12-14-7-8-16(21-10-14)22-19(20-2)18-17(23(3)4)15(11-24)13-26-18/h7-8,10-11,13H,5-6,9,12H2,1-4H3,(H,20,21,22). The Kier molecular flexibility index (Phi) is 7.74. The van der Waals surface area contributed by atoms with E-state index in [1.165, 1.54) is 11.3 Å². The van der Waals surface area contributed by atoms with Crippen molar-refractivity contribution in [2.75, 3.05) is 38.0 Å². The number of pyridine rings is 1. The number of ether oxygens (including phenoxy) is 1. The highest BCUT2D eigenvalue weighted by Gasteiger charge is 2.18. The zero-order chi connectivity index (χ0) is 18.9. The number of rotatable bonds is 9. The lowest BCUT2D eigenvalue weighted by Crippen LogP contribution is -2.19. The van der Waals surface area contributed by atoms with E-state index in [1.807, 2.05) is 36.5 Å². The Balaban J connectivity index is 2.09. The van der Waals surface area contributed by atoms with Crippen LogP contribution in [0.2, 0.25) is 0 Å². The second-order valence-corrected chi connectivity index (χ2v) is 6.92. The number of thiophene rings is 1. The van der Waals surface area contributed by atoms with Crippen LogP contribution in [-0.2, 0) is 11.3 Å². The monoisotopic (exact) mass is 374 g/mol. The van der Waals surface area contributed by atoms with Crippen molar-refractivity contribution in [3.8, 4) is 0 Å². The van der Waals surface area contributed by atoms with Crippen LogP contribution in [0.15, 0.2) is 28.7 Å². The number of nitrogens with one attached hydrogen (secondary N) is 1. The van der Waals surface area contributed by atoms with Gasteiger partial charge in [-0.2, -0.15) is 0 Å². The molecule has 0 fully saturated rings. The Hall–Kier alpha value is -2.25. The highest BCUT2D eigenvalue weighted by atomic mass is 32.1. The second-order valence-electron chi connectivity index (χ2n) is 6.04. The van der Waals surface area contributed by atoms with E-state index in [-0.39, 0.29) is 0 Å². The summed E-state index contributed by atoms with van der Waals surface area (Å²) in [6.45, 7) is 3.49. The summed E-state index contributed by atoms with van der Waals surface area (Å²) in [6.07, 6.45) is 4.87. The van der Waals surface area contributed by atoms with Crippen molar-refractivity contribution in [1.82, 2.24) is 4.98 Å². The molecule has 2 rings (SSSR count). The molecule has 0 aromatic carbocycles. The van der Waals surface area contributed by atoms with Gasteiger partial charge in [-0.1, -0.05) is 19.4 Å². The van der Waals surface area contributed by atoms with Gasteiger partial charge >= 0.3 is 0 Å². The summed E-state index contributed by atoms with van der Waals surface area (Å²) in [5.41, 5.74) is 2.56. The minimum absolute atomic E-state index is 0.570. The molecule has 0 unspecified atom stereocenters. The van der Waals surface area contributed by atoms with Crippen molar-refractivity contribution in [1.29, 1.82) is 0 Å². The van der Waals surface area contributed by atoms with E-state index in [0.717, 1.165) is 41.9 Å². The summed E-state index contributed by atoms with van der Waals surface area (Å²) in [7, 11) is 5.55. The first kappa shape index (κ1) is 20.1. The van der Waals surface area contributed by atoms with Crippen molar-refractivity contribution >= 4 is 35.0 Å². The van der Waals surface area contributed by atoms with Gasteiger partial charge < -0.3 is 15.0 Å². The molecule has 2 heterocycles. The van der Waals surface area contributed by atoms with E-state index in [0.29, 0.717) is 23.8 Å². The van der Waals surface area contributed by atoms with Gasteiger partial charge in [-0.05, 0) is 18.1 Å². The van der Waals surface area contributed by atoms with Crippen LogP contribution in [0.25, 0.3) is 0 Å². The van der Waals surface area contributed by atoms with Crippen LogP contribution in [0.5, 0.6) is 0 Å². The number of anilines is 2. The molecule has 26 heavy (non-hydrogen) atoms. The third kappa shape index (κ3) is 5.12. The lowest BCUT2D eigenvalue weighted by atomic mass is 10.2. The number of carbonyl (C=O) groups is 1. The molecule has 0 aliphatic rings. The molecule has 0 bridgehead atoms. The van der Waals surface area contributed by atoms with Crippen molar-refractivity contribution in [3.05, 3.63) is 39.7 Å². The van der Waals surface area contributed by atoms with Gasteiger partial charge in [-0.15, -0.1) is 11.3 Å². The number of hydrogen-bond donors (Lipinski definition) is 1. The van der Waals surface area contributed by atoms with Crippen molar-refractivity contribution in [3.63, 3.8) is 0 Å². The molecule has 6 nitrogen and oxygen atoms in total. The minimum Gasteiger partial charge on any atom is -0.377 e. The molecule has 1 N–H and O–H groups in total. The van der Waals surface area contributed by atoms with Crippen LogP contribution >= 0.6 is 11.3 Å². The van der Waals surface area contributed by atoms with Crippen LogP contribution in [0.4, 0.5) is 11.5 Å². The molecule has 0 saturated carbocycles. The SMILES string of the molecule is CCCCOCc1ccc(N/C(=N/C)c2scc(C=O)c2N(C)C)nc1. The summed E-state index contributed by atoms with van der Waals surface area (Å²) in [5, 5.41) is 5.09. The molecule has 0 aliphatic heterocycles. The molecule has 0 radical (unpaired) electrons. The third-order valence-corrected chi connectivity index (χ3v) is 4.78. The van der Waals surface area contributed by atoms with E-state index >= 15 is 0 Å². The fraction of sp³-hybridized carbons (Fsp3) is 0.421. The summed E-state index contributed by atoms with van der Waals surface area (Å²) in [4.78, 5) is 22.9. The normalized spacial score (nSPS) is 11.5. The number of nitrogens with zero attached hydrogens (tertiary/aromatic N) is 3. The molecule has 2 aromatic rings. The summed E-state index contributed by atoms with van der Waals surface area (Å²) >= 11 is 1.49. The Bertz CT molecular complexity index is 738. The minimum atomic E-state index is 0.570. The molecule has 0 amide bonds. The molecular formula is C19H26N4O2S. The topological polar surface area (TPSA) is 66.8 Å². The number of aldehydes is 1. The fourth-order valence-electron chi connectivity index (χ4n) is 2.43. The van der Waals surface area contributed by atoms with Gasteiger partial charge in [0.15, 0.2) is 6.29 Å². The van der Waals surface area contributed by atoms with E-state index in [4.69, 9.17) is 4.74 Å². The number of unbranched alkanes of at least 4 members (excludes halogenated alkanes) is 1. The maximum Gasteiger partial charge on any atom is 0.153 e. The predicted octanol–water partition coefficient (Wildman–Crippen LogP) is 3.83. The highest BCUT2D eigenvalue weighted by molar-refractivity contribution is 7.13. The zero-order valence-corrected chi connectivity index (χ0v) is 16.6. The van der Waals surface area contributed by atoms with Crippen LogP contribution in [-0.4, -0.2) is 44.9 Å². The number of amidine groups is 1. The summed E-state index contributed by atoms with van der Waals surface area (Å²) in [6, 6.07) is 3.90. The van der Waals surface area contributed by atoms with Crippen molar-refractivity contribution in [2.45, 2.75) is 26.4 Å². The number of carbonyl (C=O) groups excluding carboxylic acids is 1. The van der Waals surface area contributed by atoms with Crippen molar-refractivity contribution in [2.24, 2.45) is 4.99 Å². The summed E-state index contributed by atoms with van der Waals surface area (Å²) in [5.74, 6) is 1.39. The maximum absolute atomic E-state index is 11.3. The van der Waals surface area contributed by atoms with Crippen molar-refractivity contribution < 1.29 is 9.53 Å². The number of hydrogen-bond acceptors (Lipinski definition) is 6. The summed E-state index contributed by atoms with van der Waals surface area (Å²) < 4.78 is 5.61. The average molecular weight is 375 g/mol. The molecular weight excluding hydrogens is 348 g/mol. The highest BCUT2D eigenvalue weighted by Crippen LogP contribution is 2.30. The molecule has 2 aromatic heterocycles. The van der Waals surface area contributed by atoms with Gasteiger partial charge in [0.2, 0.25) is 0 Å². The largest absolute Gasteiger partial charge is 0.377 e. The van der Waals surface area contributed by atoms with Crippen LogP contribution < -0.4 is 10.2 Å². The lowest BCUT2D eigenvalue weighted by molar-refractivity contribution is 0.112. The van der Waals surface area contributed by atoms with Gasteiger partial charge in [0, 0.05) is 44.9 Å². The Morgan fingerprint density at radius 2 is 2.23 bits per heavy atom. The predicted molar refractivity (Wildman–Crippen MR) is 109 cm³/mol. The van der Waals surface area contributed by atoms with Crippen LogP contribution in [0.1, 0.15) is 40.6 Å². The maximum atomic E-state index is 11.3. The lowest BCUT2D eigenvalue weighted by Gasteiger charge is -2.16. The number of aromatic nitrogens is 1. The van der Waals surface area contributed by atoms with Crippen LogP contribution in [0, 0.1) is 0 Å². The van der Waals surface area contributed by atoms with Crippen LogP contribution in [0.3, 0.4) is 0 Å². The quantitative estimate of drug-likeness (QED) is 0.313. The third-order valence-electron chi connectivity index (χ3n) is 3.79. The molecule has 0 atom stereocenters. The average Bonchev–Trinajstić information content (AvgIpc) is 3.08. The second kappa shape index (κ2) is 10.0. The van der Waals surface area contributed by atoms with E-state index in [2.05, 4.69) is 22.2 Å². The van der Waals surface area contributed by atoms with Gasteiger partial charge in [-0.25, -0.2) is 4.98 Å². The van der Waals surface area contributed by atoms with Gasteiger partial charge in [0.25, 0.3) is 0 Å². The first-order valence-corrected chi connectivity index (χ1v) is 9.49.